The average Bonchev–Trinajstić information content (AvgIpc) is 1.87. The Morgan fingerprint density at radius 1 is 1.07 bits per heavy atom. The summed E-state index contributed by atoms with van der Waals surface area (Å²) in [5.74, 6) is 0. The van der Waals surface area contributed by atoms with E-state index in [1.807, 2.05) is 13.8 Å². The first-order chi connectivity index (χ1) is 5.47. The zero-order valence-corrected chi connectivity index (χ0v) is 9.13. The minimum atomic E-state index is -4.17. The number of ether oxygens (including phenoxy) is 1. The van der Waals surface area contributed by atoms with Crippen molar-refractivity contribution in [2.75, 3.05) is 19.8 Å². The molecule has 0 aliphatic carbocycles. The summed E-state index contributed by atoms with van der Waals surface area (Å²) < 4.78 is 35.5. The maximum atomic E-state index is 9.56. The van der Waals surface area contributed by atoms with Crippen LogP contribution in [0, 0.1) is 0 Å². The van der Waals surface area contributed by atoms with Crippen LogP contribution in [-0.2, 0) is 19.3 Å². The molecule has 6 nitrogen and oxygen atoms in total. The molecular formula is C6H20NNaO5S. The second-order valence-corrected chi connectivity index (χ2v) is 2.71. The summed E-state index contributed by atoms with van der Waals surface area (Å²) in [5, 5.41) is 0. The Labute approximate surface area is 108 Å². The molecule has 0 radical (unpaired) electrons. The summed E-state index contributed by atoms with van der Waals surface area (Å²) in [6.07, 6.45) is 0. The van der Waals surface area contributed by atoms with Crippen molar-refractivity contribution in [3.63, 3.8) is 0 Å². The van der Waals surface area contributed by atoms with E-state index in [2.05, 4.69) is 4.18 Å². The number of hydrogen-bond acceptors (Lipinski definition) is 5. The normalized spacial score (nSPS) is 8.86. The van der Waals surface area contributed by atoms with Gasteiger partial charge in [0.15, 0.2) is 0 Å². The summed E-state index contributed by atoms with van der Waals surface area (Å²) >= 11 is 0. The van der Waals surface area contributed by atoms with Gasteiger partial charge in [-0.2, -0.15) is 8.42 Å². The molecule has 0 amide bonds. The van der Waals surface area contributed by atoms with Gasteiger partial charge in [0.25, 0.3) is 0 Å². The van der Waals surface area contributed by atoms with E-state index in [1.54, 1.807) is 0 Å². The standard InChI is InChI=1S/C4H10O.C2H6O4S.H3N.Na.H/c1-3-5-4-2;1-2-6-7(3,4)5;;;/h3-4H2,1-2H3;2H2,1H3,(H,3,4,5);1H3;;. The molecular weight excluding hydrogens is 221 g/mol. The molecule has 0 aromatic rings. The van der Waals surface area contributed by atoms with E-state index in [0.29, 0.717) is 0 Å². The third-order valence-electron chi connectivity index (χ3n) is 0.675. The molecule has 0 aliphatic rings. The summed E-state index contributed by atoms with van der Waals surface area (Å²) in [7, 11) is -4.17. The molecule has 0 saturated carbocycles. The molecule has 0 atom stereocenters. The number of hydrogen-bond donors (Lipinski definition) is 2. The molecule has 0 fully saturated rings. The third kappa shape index (κ3) is 38.6. The monoisotopic (exact) mass is 241 g/mol. The van der Waals surface area contributed by atoms with Crippen molar-refractivity contribution < 1.29 is 21.9 Å². The zero-order valence-electron chi connectivity index (χ0n) is 8.32. The van der Waals surface area contributed by atoms with Gasteiger partial charge in [0, 0.05) is 13.2 Å². The first-order valence-corrected chi connectivity index (χ1v) is 5.04. The Balaban J connectivity index is -0.0000000651. The molecule has 0 aliphatic heterocycles. The van der Waals surface area contributed by atoms with Crippen molar-refractivity contribution in [1.29, 1.82) is 0 Å². The zero-order chi connectivity index (χ0) is 10.0. The summed E-state index contributed by atoms with van der Waals surface area (Å²) in [5.41, 5.74) is 0. The Morgan fingerprint density at radius 3 is 1.43 bits per heavy atom. The first-order valence-electron chi connectivity index (χ1n) is 3.67. The summed E-state index contributed by atoms with van der Waals surface area (Å²) in [4.78, 5) is 0. The summed E-state index contributed by atoms with van der Waals surface area (Å²) in [6, 6.07) is 0. The SMILES string of the molecule is CCOCC.CCOS(=O)(=O)O.N.[NaH]. The molecule has 0 aromatic heterocycles. The van der Waals surface area contributed by atoms with Crippen LogP contribution in [0.5, 0.6) is 0 Å². The van der Waals surface area contributed by atoms with E-state index in [-0.39, 0.29) is 42.3 Å². The van der Waals surface area contributed by atoms with Gasteiger partial charge in [-0.3, -0.25) is 4.55 Å². The van der Waals surface area contributed by atoms with Gasteiger partial charge in [0.1, 0.15) is 0 Å². The van der Waals surface area contributed by atoms with Crippen LogP contribution in [0.1, 0.15) is 20.8 Å². The fraction of sp³-hybridized carbons (Fsp3) is 1.00. The molecule has 0 saturated heterocycles. The fourth-order valence-corrected chi connectivity index (χ4v) is 0.651. The van der Waals surface area contributed by atoms with Gasteiger partial charge in [-0.1, -0.05) is 0 Å². The van der Waals surface area contributed by atoms with Crippen LogP contribution >= 0.6 is 0 Å². The van der Waals surface area contributed by atoms with Gasteiger partial charge >= 0.3 is 40.0 Å². The molecule has 0 heterocycles. The van der Waals surface area contributed by atoms with Crippen LogP contribution in [0.15, 0.2) is 0 Å². The van der Waals surface area contributed by atoms with Crippen molar-refractivity contribution in [2.45, 2.75) is 20.8 Å². The van der Waals surface area contributed by atoms with Crippen LogP contribution in [0.2, 0.25) is 0 Å². The van der Waals surface area contributed by atoms with Crippen molar-refractivity contribution in [3.05, 3.63) is 0 Å². The van der Waals surface area contributed by atoms with Crippen molar-refractivity contribution in [1.82, 2.24) is 6.15 Å². The molecule has 4 N–H and O–H groups in total. The van der Waals surface area contributed by atoms with E-state index in [0.717, 1.165) is 13.2 Å². The van der Waals surface area contributed by atoms with Crippen molar-refractivity contribution in [2.24, 2.45) is 0 Å². The third-order valence-corrected chi connectivity index (χ3v) is 1.21. The van der Waals surface area contributed by atoms with E-state index in [1.165, 1.54) is 6.92 Å². The fourth-order valence-electron chi connectivity index (χ4n) is 0.353. The summed E-state index contributed by atoms with van der Waals surface area (Å²) in [6.45, 7) is 7.10. The Bertz CT molecular complexity index is 171. The number of rotatable bonds is 4. The van der Waals surface area contributed by atoms with Crippen molar-refractivity contribution in [3.8, 4) is 0 Å². The predicted molar refractivity (Wildman–Crippen MR) is 57.5 cm³/mol. The quantitative estimate of drug-likeness (QED) is 0.544. The van der Waals surface area contributed by atoms with Crippen molar-refractivity contribution >= 4 is 40.0 Å². The Hall–Kier alpha value is 0.790. The molecule has 0 spiro atoms. The molecule has 0 rings (SSSR count). The van der Waals surface area contributed by atoms with Crippen LogP contribution in [0.3, 0.4) is 0 Å². The van der Waals surface area contributed by atoms with Gasteiger partial charge in [0.05, 0.1) is 6.61 Å². The van der Waals surface area contributed by atoms with E-state index >= 15 is 0 Å². The molecule has 86 valence electrons. The topological polar surface area (TPSA) is 108 Å². The van der Waals surface area contributed by atoms with Gasteiger partial charge in [-0.05, 0) is 20.8 Å². The second kappa shape index (κ2) is 16.2. The maximum absolute atomic E-state index is 9.56. The van der Waals surface area contributed by atoms with Gasteiger partial charge in [-0.25, -0.2) is 4.18 Å². The van der Waals surface area contributed by atoms with Crippen LogP contribution in [0.25, 0.3) is 0 Å². The average molecular weight is 241 g/mol. The molecule has 0 aromatic carbocycles. The van der Waals surface area contributed by atoms with E-state index in [9.17, 15) is 8.42 Å². The predicted octanol–water partition coefficient (Wildman–Crippen LogP) is 0.382. The Morgan fingerprint density at radius 2 is 1.43 bits per heavy atom. The second-order valence-electron chi connectivity index (χ2n) is 1.62. The van der Waals surface area contributed by atoms with Gasteiger partial charge in [0.2, 0.25) is 0 Å². The van der Waals surface area contributed by atoms with Crippen LogP contribution < -0.4 is 6.15 Å². The Kier molecular flexibility index (Phi) is 28.0. The van der Waals surface area contributed by atoms with Gasteiger partial charge < -0.3 is 10.9 Å². The van der Waals surface area contributed by atoms with Gasteiger partial charge in [-0.15, -0.1) is 0 Å². The molecule has 0 unspecified atom stereocenters. The minimum absolute atomic E-state index is 0. The first kappa shape index (κ1) is 24.2. The van der Waals surface area contributed by atoms with Crippen LogP contribution in [-0.4, -0.2) is 62.3 Å². The van der Waals surface area contributed by atoms with E-state index in [4.69, 9.17) is 9.29 Å². The van der Waals surface area contributed by atoms with E-state index < -0.39 is 10.4 Å². The molecule has 14 heavy (non-hydrogen) atoms. The molecule has 8 heteroatoms. The van der Waals surface area contributed by atoms with Crippen LogP contribution in [0.4, 0.5) is 0 Å². The molecule has 0 bridgehead atoms.